The Kier molecular flexibility index (Phi) is 4.87. The third-order valence-electron chi connectivity index (χ3n) is 2.77. The summed E-state index contributed by atoms with van der Waals surface area (Å²) in [6.45, 7) is 4.54. The van der Waals surface area contributed by atoms with Crippen LogP contribution in [0, 0.1) is 5.82 Å². The molecule has 0 saturated carbocycles. The minimum absolute atomic E-state index is 0.0851. The van der Waals surface area contributed by atoms with Crippen molar-refractivity contribution in [2.75, 3.05) is 19.6 Å². The first-order chi connectivity index (χ1) is 9.20. The van der Waals surface area contributed by atoms with E-state index >= 15 is 0 Å². The highest BCUT2D eigenvalue weighted by Gasteiger charge is 2.09. The van der Waals surface area contributed by atoms with Crippen LogP contribution in [-0.2, 0) is 0 Å². The molecule has 0 aliphatic heterocycles. The van der Waals surface area contributed by atoms with Crippen LogP contribution in [-0.4, -0.2) is 25.5 Å². The second-order valence-corrected chi connectivity index (χ2v) is 5.34. The fraction of sp³-hybridized carbons (Fsp3) is 0.357. The maximum absolute atomic E-state index is 13.1. The summed E-state index contributed by atoms with van der Waals surface area (Å²) in [5.41, 5.74) is 0. The molecule has 0 atom stereocenters. The van der Waals surface area contributed by atoms with E-state index in [2.05, 4.69) is 17.6 Å². The molecule has 2 N–H and O–H groups in total. The normalized spacial score (nSPS) is 10.8. The van der Waals surface area contributed by atoms with Crippen molar-refractivity contribution >= 4 is 27.3 Å². The van der Waals surface area contributed by atoms with Gasteiger partial charge in [-0.05, 0) is 43.1 Å². The molecular formula is C14H17FN2OS. The van der Waals surface area contributed by atoms with Gasteiger partial charge in [-0.3, -0.25) is 4.79 Å². The number of hydrogen-bond donors (Lipinski definition) is 2. The largest absolute Gasteiger partial charge is 0.351 e. The van der Waals surface area contributed by atoms with E-state index in [0.29, 0.717) is 11.4 Å². The molecule has 0 aliphatic rings. The van der Waals surface area contributed by atoms with Gasteiger partial charge in [-0.25, -0.2) is 4.39 Å². The van der Waals surface area contributed by atoms with Gasteiger partial charge in [-0.2, -0.15) is 0 Å². The summed E-state index contributed by atoms with van der Waals surface area (Å²) in [7, 11) is 0. The van der Waals surface area contributed by atoms with Gasteiger partial charge in [0, 0.05) is 11.2 Å². The van der Waals surface area contributed by atoms with Crippen LogP contribution in [0.3, 0.4) is 0 Å². The van der Waals surface area contributed by atoms with Crippen molar-refractivity contribution in [2.45, 2.75) is 13.3 Å². The Hall–Kier alpha value is -1.46. The number of carbonyl (C=O) groups excluding carboxylic acids is 1. The van der Waals surface area contributed by atoms with Gasteiger partial charge in [0.05, 0.1) is 4.88 Å². The van der Waals surface area contributed by atoms with Crippen molar-refractivity contribution in [3.63, 3.8) is 0 Å². The number of carbonyl (C=O) groups is 1. The van der Waals surface area contributed by atoms with E-state index in [1.54, 1.807) is 12.1 Å². The number of benzene rings is 1. The zero-order valence-electron chi connectivity index (χ0n) is 10.8. The molecule has 102 valence electrons. The molecule has 0 fully saturated rings. The van der Waals surface area contributed by atoms with Crippen LogP contribution in [0.2, 0.25) is 0 Å². The smallest absolute Gasteiger partial charge is 0.261 e. The van der Waals surface area contributed by atoms with Gasteiger partial charge in [0.2, 0.25) is 0 Å². The Morgan fingerprint density at radius 3 is 2.95 bits per heavy atom. The summed E-state index contributed by atoms with van der Waals surface area (Å²) in [5.74, 6) is -0.356. The molecule has 2 aromatic rings. The van der Waals surface area contributed by atoms with Crippen molar-refractivity contribution in [2.24, 2.45) is 0 Å². The van der Waals surface area contributed by atoms with Gasteiger partial charge in [-0.1, -0.05) is 13.0 Å². The number of nitrogens with one attached hydrogen (secondary N) is 2. The molecule has 0 aliphatic carbocycles. The lowest BCUT2D eigenvalue weighted by Gasteiger charge is -2.03. The van der Waals surface area contributed by atoms with Gasteiger partial charge in [0.25, 0.3) is 5.91 Å². The number of rotatable bonds is 6. The molecule has 3 nitrogen and oxygen atoms in total. The Bertz CT molecular complexity index is 568. The maximum Gasteiger partial charge on any atom is 0.261 e. The van der Waals surface area contributed by atoms with E-state index < -0.39 is 0 Å². The van der Waals surface area contributed by atoms with Crippen molar-refractivity contribution in [3.05, 3.63) is 35.0 Å². The average molecular weight is 280 g/mol. The van der Waals surface area contributed by atoms with E-state index in [0.717, 1.165) is 29.6 Å². The van der Waals surface area contributed by atoms with E-state index in [-0.39, 0.29) is 11.7 Å². The van der Waals surface area contributed by atoms with Crippen molar-refractivity contribution in [1.29, 1.82) is 0 Å². The maximum atomic E-state index is 13.1. The van der Waals surface area contributed by atoms with Crippen LogP contribution < -0.4 is 10.6 Å². The zero-order valence-corrected chi connectivity index (χ0v) is 11.6. The zero-order chi connectivity index (χ0) is 13.7. The van der Waals surface area contributed by atoms with Crippen molar-refractivity contribution < 1.29 is 9.18 Å². The van der Waals surface area contributed by atoms with E-state index in [9.17, 15) is 9.18 Å². The van der Waals surface area contributed by atoms with Crippen LogP contribution in [0.25, 0.3) is 10.1 Å². The topological polar surface area (TPSA) is 41.1 Å². The standard InChI is InChI=1S/C14H17FN2OS/c1-2-16-6-3-7-17-14(18)13-8-10-4-5-11(15)9-12(10)19-13/h4-5,8-9,16H,2-3,6-7H2,1H3,(H,17,18). The third-order valence-corrected chi connectivity index (χ3v) is 3.87. The summed E-state index contributed by atoms with van der Waals surface area (Å²) < 4.78 is 13.9. The molecule has 0 unspecified atom stereocenters. The van der Waals surface area contributed by atoms with Crippen LogP contribution in [0.1, 0.15) is 23.0 Å². The first-order valence-corrected chi connectivity index (χ1v) is 7.20. The van der Waals surface area contributed by atoms with Crippen LogP contribution in [0.4, 0.5) is 4.39 Å². The minimum atomic E-state index is -0.271. The van der Waals surface area contributed by atoms with Gasteiger partial charge >= 0.3 is 0 Å². The van der Waals surface area contributed by atoms with E-state index in [1.165, 1.54) is 23.5 Å². The predicted molar refractivity (Wildman–Crippen MR) is 77.3 cm³/mol. The summed E-state index contributed by atoms with van der Waals surface area (Å²) in [4.78, 5) is 12.5. The predicted octanol–water partition coefficient (Wildman–Crippen LogP) is 2.77. The average Bonchev–Trinajstić information content (AvgIpc) is 2.81. The first kappa shape index (κ1) is 14.0. The Morgan fingerprint density at radius 2 is 2.16 bits per heavy atom. The number of halogens is 1. The molecule has 2 rings (SSSR count). The molecule has 0 radical (unpaired) electrons. The van der Waals surface area contributed by atoms with Gasteiger partial charge in [-0.15, -0.1) is 11.3 Å². The molecule has 0 saturated heterocycles. The highest BCUT2D eigenvalue weighted by atomic mass is 32.1. The number of amides is 1. The molecule has 0 spiro atoms. The fourth-order valence-corrected chi connectivity index (χ4v) is 2.80. The number of thiophene rings is 1. The SMILES string of the molecule is CCNCCCNC(=O)c1cc2ccc(F)cc2s1. The third kappa shape index (κ3) is 3.75. The molecular weight excluding hydrogens is 263 g/mol. The molecule has 1 amide bonds. The summed E-state index contributed by atoms with van der Waals surface area (Å²) in [6, 6.07) is 6.37. The number of hydrogen-bond acceptors (Lipinski definition) is 3. The Morgan fingerprint density at radius 1 is 1.32 bits per heavy atom. The second kappa shape index (κ2) is 6.63. The van der Waals surface area contributed by atoms with Crippen LogP contribution in [0.15, 0.2) is 24.3 Å². The quantitative estimate of drug-likeness (QED) is 0.799. The summed E-state index contributed by atoms with van der Waals surface area (Å²) >= 11 is 1.32. The fourth-order valence-electron chi connectivity index (χ4n) is 1.80. The van der Waals surface area contributed by atoms with Crippen molar-refractivity contribution in [1.82, 2.24) is 10.6 Å². The summed E-state index contributed by atoms with van der Waals surface area (Å²) in [5, 5.41) is 6.98. The first-order valence-electron chi connectivity index (χ1n) is 6.38. The van der Waals surface area contributed by atoms with Gasteiger partial charge < -0.3 is 10.6 Å². The van der Waals surface area contributed by atoms with E-state index in [1.807, 2.05) is 0 Å². The highest BCUT2D eigenvalue weighted by molar-refractivity contribution is 7.20. The minimum Gasteiger partial charge on any atom is -0.351 e. The number of fused-ring (bicyclic) bond motifs is 1. The Balaban J connectivity index is 1.94. The molecule has 1 heterocycles. The second-order valence-electron chi connectivity index (χ2n) is 4.26. The lowest BCUT2D eigenvalue weighted by molar-refractivity contribution is 0.0957. The monoisotopic (exact) mass is 280 g/mol. The van der Waals surface area contributed by atoms with Gasteiger partial charge in [0.15, 0.2) is 0 Å². The lowest BCUT2D eigenvalue weighted by Crippen LogP contribution is -2.26. The molecule has 19 heavy (non-hydrogen) atoms. The molecule has 5 heteroatoms. The Labute approximate surface area is 115 Å². The van der Waals surface area contributed by atoms with Crippen LogP contribution in [0.5, 0.6) is 0 Å². The van der Waals surface area contributed by atoms with Crippen LogP contribution >= 0.6 is 11.3 Å². The lowest BCUT2D eigenvalue weighted by atomic mass is 10.2. The molecule has 0 bridgehead atoms. The van der Waals surface area contributed by atoms with Crippen molar-refractivity contribution in [3.8, 4) is 0 Å². The van der Waals surface area contributed by atoms with E-state index in [4.69, 9.17) is 0 Å². The highest BCUT2D eigenvalue weighted by Crippen LogP contribution is 2.26. The molecule has 1 aromatic heterocycles. The van der Waals surface area contributed by atoms with Gasteiger partial charge in [0.1, 0.15) is 5.82 Å². The summed E-state index contributed by atoms with van der Waals surface area (Å²) in [6.07, 6.45) is 0.902. The molecule has 1 aromatic carbocycles.